The van der Waals surface area contributed by atoms with Gasteiger partial charge in [0.25, 0.3) is 0 Å². The number of likely N-dealkylation sites (tertiary alicyclic amines) is 1. The lowest BCUT2D eigenvalue weighted by Gasteiger charge is -2.19. The molecule has 0 N–H and O–H groups in total. The predicted octanol–water partition coefficient (Wildman–Crippen LogP) is 2.05. The Morgan fingerprint density at radius 1 is 1.31 bits per heavy atom. The third-order valence-corrected chi connectivity index (χ3v) is 4.83. The van der Waals surface area contributed by atoms with Crippen LogP contribution in [-0.4, -0.2) is 28.6 Å². The van der Waals surface area contributed by atoms with Gasteiger partial charge in [-0.3, -0.25) is 14.5 Å². The van der Waals surface area contributed by atoms with E-state index in [1.54, 1.807) is 0 Å². The number of carbonyl (C=O) groups excluding carboxylic acids is 2. The molecule has 3 unspecified atom stereocenters. The van der Waals surface area contributed by atoms with Crippen molar-refractivity contribution in [2.45, 2.75) is 26.7 Å². The first-order valence-corrected chi connectivity index (χ1v) is 7.08. The van der Waals surface area contributed by atoms with E-state index >= 15 is 0 Å². The van der Waals surface area contributed by atoms with E-state index in [-0.39, 0.29) is 23.7 Å². The highest BCUT2D eigenvalue weighted by molar-refractivity contribution is 9.09. The molecule has 90 valence electrons. The third-order valence-electron chi connectivity index (χ3n) is 3.72. The summed E-state index contributed by atoms with van der Waals surface area (Å²) in [5.41, 5.74) is 0. The van der Waals surface area contributed by atoms with Crippen LogP contribution in [0.4, 0.5) is 0 Å². The van der Waals surface area contributed by atoms with E-state index in [0.29, 0.717) is 18.4 Å². The zero-order valence-corrected chi connectivity index (χ0v) is 11.4. The fourth-order valence-corrected chi connectivity index (χ4v) is 3.09. The van der Waals surface area contributed by atoms with Gasteiger partial charge in [-0.2, -0.15) is 0 Å². The van der Waals surface area contributed by atoms with E-state index in [1.165, 1.54) is 4.90 Å². The van der Waals surface area contributed by atoms with E-state index in [0.717, 1.165) is 18.2 Å². The molecule has 0 aromatic carbocycles. The van der Waals surface area contributed by atoms with Crippen molar-refractivity contribution in [2.24, 2.45) is 23.7 Å². The molecule has 16 heavy (non-hydrogen) atoms. The first-order valence-electron chi connectivity index (χ1n) is 5.95. The normalized spacial score (nSPS) is 35.7. The van der Waals surface area contributed by atoms with Gasteiger partial charge in [0.15, 0.2) is 0 Å². The topological polar surface area (TPSA) is 37.4 Å². The largest absolute Gasteiger partial charge is 0.282 e. The van der Waals surface area contributed by atoms with Crippen LogP contribution in [0.3, 0.4) is 0 Å². The molecule has 3 nitrogen and oxygen atoms in total. The molecule has 0 spiro atoms. The van der Waals surface area contributed by atoms with Crippen molar-refractivity contribution in [3.8, 4) is 0 Å². The number of rotatable bonds is 3. The maximum Gasteiger partial charge on any atom is 0.233 e. The lowest BCUT2D eigenvalue weighted by atomic mass is 10.00. The van der Waals surface area contributed by atoms with Crippen molar-refractivity contribution < 1.29 is 9.59 Å². The first-order chi connectivity index (χ1) is 7.54. The SMILES string of the molecule is CC1CC2C(=O)N(CC(C)CBr)C(=O)C2C1. The Morgan fingerprint density at radius 3 is 2.25 bits per heavy atom. The van der Waals surface area contributed by atoms with Crippen LogP contribution in [-0.2, 0) is 9.59 Å². The summed E-state index contributed by atoms with van der Waals surface area (Å²) in [7, 11) is 0. The number of carbonyl (C=O) groups is 2. The zero-order chi connectivity index (χ0) is 11.9. The molecule has 2 rings (SSSR count). The Hall–Kier alpha value is -0.380. The third kappa shape index (κ3) is 1.92. The number of alkyl halides is 1. The standard InChI is InChI=1S/C12H18BrNO2/c1-7-3-9-10(4-7)12(16)14(11(9)15)6-8(2)5-13/h7-10H,3-6H2,1-2H3. The van der Waals surface area contributed by atoms with Gasteiger partial charge in [-0.1, -0.05) is 29.8 Å². The van der Waals surface area contributed by atoms with Crippen LogP contribution < -0.4 is 0 Å². The maximum atomic E-state index is 12.1. The Morgan fingerprint density at radius 2 is 1.81 bits per heavy atom. The smallest absolute Gasteiger partial charge is 0.233 e. The van der Waals surface area contributed by atoms with E-state index in [2.05, 4.69) is 22.9 Å². The van der Waals surface area contributed by atoms with Crippen LogP contribution in [0.2, 0.25) is 0 Å². The molecule has 3 atom stereocenters. The lowest BCUT2D eigenvalue weighted by Crippen LogP contribution is -2.36. The van der Waals surface area contributed by atoms with Gasteiger partial charge < -0.3 is 0 Å². The molecular formula is C12H18BrNO2. The van der Waals surface area contributed by atoms with E-state index < -0.39 is 0 Å². The van der Waals surface area contributed by atoms with Crippen molar-refractivity contribution in [3.63, 3.8) is 0 Å². The summed E-state index contributed by atoms with van der Waals surface area (Å²) in [5.74, 6) is 0.997. The summed E-state index contributed by atoms with van der Waals surface area (Å²) in [6.07, 6.45) is 1.79. The van der Waals surface area contributed by atoms with Gasteiger partial charge >= 0.3 is 0 Å². The molecule has 1 saturated heterocycles. The highest BCUT2D eigenvalue weighted by Crippen LogP contribution is 2.42. The molecule has 2 amide bonds. The molecule has 0 bridgehead atoms. The van der Waals surface area contributed by atoms with Crippen LogP contribution in [0.5, 0.6) is 0 Å². The highest BCUT2D eigenvalue weighted by Gasteiger charge is 2.51. The molecular weight excluding hydrogens is 270 g/mol. The van der Waals surface area contributed by atoms with E-state index in [1.807, 2.05) is 6.92 Å². The quantitative estimate of drug-likeness (QED) is 0.589. The van der Waals surface area contributed by atoms with Crippen molar-refractivity contribution >= 4 is 27.7 Å². The van der Waals surface area contributed by atoms with Gasteiger partial charge in [-0.15, -0.1) is 0 Å². The van der Waals surface area contributed by atoms with Gasteiger partial charge in [0.2, 0.25) is 11.8 Å². The van der Waals surface area contributed by atoms with E-state index in [9.17, 15) is 9.59 Å². The Labute approximate surface area is 105 Å². The van der Waals surface area contributed by atoms with Gasteiger partial charge in [0.1, 0.15) is 0 Å². The number of imide groups is 1. The number of halogens is 1. The zero-order valence-electron chi connectivity index (χ0n) is 9.78. The molecule has 4 heteroatoms. The van der Waals surface area contributed by atoms with Crippen molar-refractivity contribution in [3.05, 3.63) is 0 Å². The first kappa shape index (κ1) is 12.1. The summed E-state index contributed by atoms with van der Waals surface area (Å²) < 4.78 is 0. The summed E-state index contributed by atoms with van der Waals surface area (Å²) >= 11 is 3.38. The minimum absolute atomic E-state index is 0.00924. The molecule has 0 aromatic heterocycles. The Bertz CT molecular complexity index is 294. The van der Waals surface area contributed by atoms with Crippen LogP contribution >= 0.6 is 15.9 Å². The Kier molecular flexibility index (Phi) is 3.38. The van der Waals surface area contributed by atoms with Gasteiger partial charge in [0, 0.05) is 11.9 Å². The summed E-state index contributed by atoms with van der Waals surface area (Å²) in [6, 6.07) is 0. The van der Waals surface area contributed by atoms with Crippen molar-refractivity contribution in [1.82, 2.24) is 4.90 Å². The lowest BCUT2D eigenvalue weighted by molar-refractivity contribution is -0.141. The number of amides is 2. The molecule has 1 aliphatic heterocycles. The molecule has 0 radical (unpaired) electrons. The minimum atomic E-state index is -0.00924. The summed E-state index contributed by atoms with van der Waals surface area (Å²) in [6.45, 7) is 4.75. The van der Waals surface area contributed by atoms with Crippen LogP contribution in [0, 0.1) is 23.7 Å². The second kappa shape index (κ2) is 4.47. The molecule has 1 aliphatic carbocycles. The minimum Gasteiger partial charge on any atom is -0.282 e. The molecule has 2 aliphatic rings. The maximum absolute atomic E-state index is 12.1. The van der Waals surface area contributed by atoms with Crippen LogP contribution in [0.25, 0.3) is 0 Å². The van der Waals surface area contributed by atoms with Gasteiger partial charge in [-0.25, -0.2) is 0 Å². The number of hydrogen-bond acceptors (Lipinski definition) is 2. The van der Waals surface area contributed by atoms with Crippen molar-refractivity contribution in [2.75, 3.05) is 11.9 Å². The second-order valence-electron chi connectivity index (χ2n) is 5.34. The Balaban J connectivity index is 2.08. The van der Waals surface area contributed by atoms with Crippen LogP contribution in [0.1, 0.15) is 26.7 Å². The average Bonchev–Trinajstić information content (AvgIpc) is 2.73. The molecule has 1 saturated carbocycles. The summed E-state index contributed by atoms with van der Waals surface area (Å²) in [5, 5.41) is 0.829. The predicted molar refractivity (Wildman–Crippen MR) is 65.1 cm³/mol. The monoisotopic (exact) mass is 287 g/mol. The van der Waals surface area contributed by atoms with Crippen molar-refractivity contribution in [1.29, 1.82) is 0 Å². The van der Waals surface area contributed by atoms with Gasteiger partial charge in [-0.05, 0) is 24.7 Å². The van der Waals surface area contributed by atoms with Gasteiger partial charge in [0.05, 0.1) is 11.8 Å². The fourth-order valence-electron chi connectivity index (χ4n) is 2.89. The number of fused-ring (bicyclic) bond motifs is 1. The average molecular weight is 288 g/mol. The molecule has 2 fully saturated rings. The molecule has 0 aromatic rings. The fraction of sp³-hybridized carbons (Fsp3) is 0.833. The van der Waals surface area contributed by atoms with Crippen LogP contribution in [0.15, 0.2) is 0 Å². The second-order valence-corrected chi connectivity index (χ2v) is 5.98. The van der Waals surface area contributed by atoms with E-state index in [4.69, 9.17) is 0 Å². The highest BCUT2D eigenvalue weighted by atomic mass is 79.9. The number of hydrogen-bond donors (Lipinski definition) is 0. The molecule has 1 heterocycles. The summed E-state index contributed by atoms with van der Waals surface area (Å²) in [4.78, 5) is 25.7. The number of nitrogens with zero attached hydrogens (tertiary/aromatic N) is 1.